The first-order valence-electron chi connectivity index (χ1n) is 5.15. The fourth-order valence-electron chi connectivity index (χ4n) is 1.62. The van der Waals surface area contributed by atoms with Crippen LogP contribution in [0.15, 0.2) is 48.5 Å². The van der Waals surface area contributed by atoms with E-state index in [-0.39, 0.29) is 5.78 Å². The summed E-state index contributed by atoms with van der Waals surface area (Å²) in [6.07, 6.45) is 0. The number of hydrogen-bond acceptors (Lipinski definition) is 2. The fourth-order valence-corrected chi connectivity index (χ4v) is 1.62. The number of carbonyl (C=O) groups is 1. The van der Waals surface area contributed by atoms with Crippen LogP contribution in [0.2, 0.25) is 0 Å². The number of halogens is 1. The van der Waals surface area contributed by atoms with Gasteiger partial charge in [0, 0.05) is 5.56 Å². The molecule has 0 aliphatic heterocycles. The first-order chi connectivity index (χ1) is 8.22. The van der Waals surface area contributed by atoms with Gasteiger partial charge < -0.3 is 4.74 Å². The molecule has 0 aliphatic rings. The van der Waals surface area contributed by atoms with E-state index in [1.165, 1.54) is 25.3 Å². The Morgan fingerprint density at radius 2 is 1.88 bits per heavy atom. The predicted octanol–water partition coefficient (Wildman–Crippen LogP) is 3.07. The van der Waals surface area contributed by atoms with Crippen LogP contribution >= 0.6 is 0 Å². The molecule has 2 nitrogen and oxygen atoms in total. The number of ether oxygens (including phenoxy) is 1. The molecule has 0 heterocycles. The number of methoxy groups -OCH3 is 1. The van der Waals surface area contributed by atoms with Gasteiger partial charge in [-0.25, -0.2) is 4.39 Å². The van der Waals surface area contributed by atoms with E-state index < -0.39 is 5.82 Å². The zero-order valence-corrected chi connectivity index (χ0v) is 9.31. The molecule has 86 valence electrons. The Kier molecular flexibility index (Phi) is 3.19. The molecule has 2 aromatic carbocycles. The van der Waals surface area contributed by atoms with Gasteiger partial charge in [-0.1, -0.05) is 24.3 Å². The van der Waals surface area contributed by atoms with Gasteiger partial charge in [-0.15, -0.1) is 0 Å². The highest BCUT2D eigenvalue weighted by molar-refractivity contribution is 6.10. The molecule has 0 aromatic heterocycles. The number of carbonyl (C=O) groups excluding carboxylic acids is 1. The van der Waals surface area contributed by atoms with Crippen molar-refractivity contribution in [3.63, 3.8) is 0 Å². The summed E-state index contributed by atoms with van der Waals surface area (Å²) in [6, 6.07) is 12.5. The number of ketones is 1. The molecule has 2 rings (SSSR count). The van der Waals surface area contributed by atoms with Crippen molar-refractivity contribution in [2.24, 2.45) is 0 Å². The molecule has 0 saturated carbocycles. The van der Waals surface area contributed by atoms with Crippen molar-refractivity contribution in [2.75, 3.05) is 7.11 Å². The van der Waals surface area contributed by atoms with E-state index in [0.29, 0.717) is 16.9 Å². The maximum atomic E-state index is 13.0. The quantitative estimate of drug-likeness (QED) is 0.757. The van der Waals surface area contributed by atoms with Gasteiger partial charge in [0.25, 0.3) is 0 Å². The van der Waals surface area contributed by atoms with Gasteiger partial charge >= 0.3 is 0 Å². The molecule has 0 radical (unpaired) electrons. The van der Waals surface area contributed by atoms with Gasteiger partial charge in [0.05, 0.1) is 12.7 Å². The van der Waals surface area contributed by atoms with Gasteiger partial charge in [0.2, 0.25) is 0 Å². The van der Waals surface area contributed by atoms with Crippen molar-refractivity contribution < 1.29 is 13.9 Å². The molecule has 0 bridgehead atoms. The van der Waals surface area contributed by atoms with Gasteiger partial charge in [-0.3, -0.25) is 4.79 Å². The molecule has 0 aliphatic carbocycles. The summed E-state index contributed by atoms with van der Waals surface area (Å²) in [6.45, 7) is 0. The van der Waals surface area contributed by atoms with Crippen LogP contribution in [0.4, 0.5) is 4.39 Å². The Hall–Kier alpha value is -2.16. The van der Waals surface area contributed by atoms with Crippen molar-refractivity contribution in [2.45, 2.75) is 0 Å². The van der Waals surface area contributed by atoms with Gasteiger partial charge in [0.15, 0.2) is 5.78 Å². The minimum atomic E-state index is -0.425. The molecule has 17 heavy (non-hydrogen) atoms. The second-order valence-electron chi connectivity index (χ2n) is 3.54. The minimum absolute atomic E-state index is 0.248. The van der Waals surface area contributed by atoms with Crippen molar-refractivity contribution >= 4 is 5.78 Å². The zero-order chi connectivity index (χ0) is 12.3. The van der Waals surface area contributed by atoms with E-state index in [1.54, 1.807) is 30.3 Å². The molecule has 0 saturated heterocycles. The fraction of sp³-hybridized carbons (Fsp3) is 0.0714. The largest absolute Gasteiger partial charge is 0.496 e. The van der Waals surface area contributed by atoms with E-state index in [2.05, 4.69) is 0 Å². The van der Waals surface area contributed by atoms with Gasteiger partial charge in [-0.2, -0.15) is 0 Å². The van der Waals surface area contributed by atoms with Crippen molar-refractivity contribution in [3.8, 4) is 5.75 Å². The van der Waals surface area contributed by atoms with Crippen molar-refractivity contribution in [1.29, 1.82) is 0 Å². The molecule has 0 fully saturated rings. The summed E-state index contributed by atoms with van der Waals surface area (Å²) in [5.74, 6) is -0.186. The van der Waals surface area contributed by atoms with Crippen LogP contribution in [0.3, 0.4) is 0 Å². The lowest BCUT2D eigenvalue weighted by Gasteiger charge is -2.07. The predicted molar refractivity (Wildman–Crippen MR) is 62.8 cm³/mol. The van der Waals surface area contributed by atoms with E-state index in [1.807, 2.05) is 0 Å². The molecular formula is C14H11FO2. The van der Waals surface area contributed by atoms with E-state index in [4.69, 9.17) is 4.74 Å². The SMILES string of the molecule is COc1ccccc1C(=O)c1cccc(F)c1. The first-order valence-corrected chi connectivity index (χ1v) is 5.15. The standard InChI is InChI=1S/C14H11FO2/c1-17-13-8-3-2-7-12(13)14(16)10-5-4-6-11(15)9-10/h2-9H,1H3. The smallest absolute Gasteiger partial charge is 0.196 e. The Morgan fingerprint density at radius 3 is 2.59 bits per heavy atom. The average molecular weight is 230 g/mol. The number of hydrogen-bond donors (Lipinski definition) is 0. The third-order valence-corrected chi connectivity index (χ3v) is 2.44. The summed E-state index contributed by atoms with van der Waals surface area (Å²) in [5, 5.41) is 0. The summed E-state index contributed by atoms with van der Waals surface area (Å²) < 4.78 is 18.1. The second-order valence-corrected chi connectivity index (χ2v) is 3.54. The molecule has 0 N–H and O–H groups in total. The van der Waals surface area contributed by atoms with Crippen LogP contribution < -0.4 is 4.74 Å². The normalized spacial score (nSPS) is 10.0. The summed E-state index contributed by atoms with van der Waals surface area (Å²) in [4.78, 5) is 12.1. The lowest BCUT2D eigenvalue weighted by Crippen LogP contribution is -2.04. The molecule has 0 atom stereocenters. The van der Waals surface area contributed by atoms with Crippen molar-refractivity contribution in [3.05, 3.63) is 65.5 Å². The van der Waals surface area contributed by atoms with E-state index in [0.717, 1.165) is 0 Å². The third-order valence-electron chi connectivity index (χ3n) is 2.44. The number of benzene rings is 2. The molecular weight excluding hydrogens is 219 g/mol. The van der Waals surface area contributed by atoms with Gasteiger partial charge in [0.1, 0.15) is 11.6 Å². The Balaban J connectivity index is 2.44. The third kappa shape index (κ3) is 2.33. The van der Waals surface area contributed by atoms with Crippen LogP contribution in [0, 0.1) is 5.82 Å². The number of para-hydroxylation sites is 1. The Morgan fingerprint density at radius 1 is 1.12 bits per heavy atom. The van der Waals surface area contributed by atoms with Crippen LogP contribution in [-0.2, 0) is 0 Å². The first kappa shape index (κ1) is 11.3. The maximum Gasteiger partial charge on any atom is 0.196 e. The van der Waals surface area contributed by atoms with Crippen LogP contribution in [0.5, 0.6) is 5.75 Å². The Labute approximate surface area is 98.7 Å². The zero-order valence-electron chi connectivity index (χ0n) is 9.31. The lowest BCUT2D eigenvalue weighted by atomic mass is 10.0. The summed E-state index contributed by atoms with van der Waals surface area (Å²) >= 11 is 0. The molecule has 2 aromatic rings. The van der Waals surface area contributed by atoms with Crippen LogP contribution in [-0.4, -0.2) is 12.9 Å². The number of rotatable bonds is 3. The van der Waals surface area contributed by atoms with Crippen molar-refractivity contribution in [1.82, 2.24) is 0 Å². The second kappa shape index (κ2) is 4.78. The summed E-state index contributed by atoms with van der Waals surface area (Å²) in [5.41, 5.74) is 0.745. The lowest BCUT2D eigenvalue weighted by molar-refractivity contribution is 0.103. The average Bonchev–Trinajstić information content (AvgIpc) is 2.38. The van der Waals surface area contributed by atoms with E-state index in [9.17, 15) is 9.18 Å². The minimum Gasteiger partial charge on any atom is -0.496 e. The van der Waals surface area contributed by atoms with Gasteiger partial charge in [-0.05, 0) is 24.3 Å². The highest BCUT2D eigenvalue weighted by Gasteiger charge is 2.13. The van der Waals surface area contributed by atoms with Crippen LogP contribution in [0.1, 0.15) is 15.9 Å². The molecule has 3 heteroatoms. The molecule has 0 spiro atoms. The Bertz CT molecular complexity index is 549. The van der Waals surface area contributed by atoms with E-state index >= 15 is 0 Å². The monoisotopic (exact) mass is 230 g/mol. The van der Waals surface area contributed by atoms with Crippen LogP contribution in [0.25, 0.3) is 0 Å². The highest BCUT2D eigenvalue weighted by Crippen LogP contribution is 2.21. The maximum absolute atomic E-state index is 13.0. The summed E-state index contributed by atoms with van der Waals surface area (Å²) in [7, 11) is 1.50. The topological polar surface area (TPSA) is 26.3 Å². The molecule has 0 amide bonds. The highest BCUT2D eigenvalue weighted by atomic mass is 19.1. The molecule has 0 unspecified atom stereocenters.